The van der Waals surface area contributed by atoms with Gasteiger partial charge in [0.2, 0.25) is 5.95 Å². The summed E-state index contributed by atoms with van der Waals surface area (Å²) in [4.78, 5) is 29.0. The summed E-state index contributed by atoms with van der Waals surface area (Å²) in [6, 6.07) is 3.62. The van der Waals surface area contributed by atoms with E-state index in [2.05, 4.69) is 38.2 Å². The molecule has 2 rings (SSSR count). The number of ether oxygens (including phenoxy) is 2. The molecule has 0 aliphatic rings. The number of nitrogen functional groups attached to an aromatic ring is 1. The first-order chi connectivity index (χ1) is 13.8. The van der Waals surface area contributed by atoms with Crippen molar-refractivity contribution in [2.75, 3.05) is 24.1 Å². The van der Waals surface area contributed by atoms with Crippen LogP contribution < -0.4 is 16.4 Å². The van der Waals surface area contributed by atoms with Crippen LogP contribution in [-0.4, -0.2) is 46.0 Å². The summed E-state index contributed by atoms with van der Waals surface area (Å²) in [5, 5.41) is 5.84. The normalized spacial score (nSPS) is 12.0. The van der Waals surface area contributed by atoms with Crippen molar-refractivity contribution in [2.24, 2.45) is 0 Å². The minimum Gasteiger partial charge on any atom is -0.444 e. The molecule has 1 aromatic carbocycles. The van der Waals surface area contributed by atoms with Crippen molar-refractivity contribution >= 4 is 57.4 Å². The zero-order chi connectivity index (χ0) is 22.7. The van der Waals surface area contributed by atoms with E-state index < -0.39 is 23.4 Å². The highest BCUT2D eigenvalue weighted by molar-refractivity contribution is 14.1. The van der Waals surface area contributed by atoms with E-state index in [0.717, 1.165) is 3.57 Å². The number of amides is 1. The van der Waals surface area contributed by atoms with Crippen molar-refractivity contribution in [1.29, 1.82) is 0 Å². The van der Waals surface area contributed by atoms with Crippen LogP contribution in [0.1, 0.15) is 48.0 Å². The molecule has 2 aromatic rings. The van der Waals surface area contributed by atoms with Crippen LogP contribution in [0.4, 0.5) is 21.2 Å². The number of benzene rings is 1. The molecule has 0 aliphatic carbocycles. The molecule has 10 heteroatoms. The second-order valence-electron chi connectivity index (χ2n) is 8.79. The highest BCUT2D eigenvalue weighted by Gasteiger charge is 2.24. The number of halogens is 1. The lowest BCUT2D eigenvalue weighted by atomic mass is 10.2. The lowest BCUT2D eigenvalue weighted by Crippen LogP contribution is -2.33. The van der Waals surface area contributed by atoms with E-state index in [-0.39, 0.29) is 0 Å². The number of alkyl carbamates (subject to hydrolysis) is 1. The number of anilines is 2. The minimum atomic E-state index is -0.656. The molecule has 0 atom stereocenters. The number of hydrogen-bond acceptors (Lipinski definition) is 7. The third-order valence-electron chi connectivity index (χ3n) is 3.69. The van der Waals surface area contributed by atoms with Gasteiger partial charge in [-0.05, 0) is 82.7 Å². The number of carbonyl (C=O) groups excluding carboxylic acids is 2. The van der Waals surface area contributed by atoms with Crippen LogP contribution in [0, 0.1) is 3.57 Å². The number of nitrogens with zero attached hydrogens (tertiary/aromatic N) is 2. The van der Waals surface area contributed by atoms with Gasteiger partial charge >= 0.3 is 12.2 Å². The van der Waals surface area contributed by atoms with Gasteiger partial charge in [-0.3, -0.25) is 0 Å². The Hall–Kier alpha value is -2.24. The summed E-state index contributed by atoms with van der Waals surface area (Å²) >= 11 is 2.12. The standard InChI is InChI=1S/C20H30IN5O4/c1-19(2,3)29-17(27)24-11-7-10-23-16-25-15-13(9-8-12(21)14(15)22)26(16)18(28)30-20(4,5)6/h8-9H,7,10-11,22H2,1-6H3,(H,23,25)(H,24,27). The third-order valence-corrected chi connectivity index (χ3v) is 4.63. The Morgan fingerprint density at radius 3 is 2.33 bits per heavy atom. The SMILES string of the molecule is CC(C)(C)OC(=O)NCCCNc1nc2c(N)c(I)ccc2n1C(=O)OC(C)(C)C. The highest BCUT2D eigenvalue weighted by Crippen LogP contribution is 2.29. The van der Waals surface area contributed by atoms with Gasteiger partial charge < -0.3 is 25.8 Å². The molecular formula is C20H30IN5O4. The third kappa shape index (κ3) is 6.64. The number of imidazole rings is 1. The van der Waals surface area contributed by atoms with Crippen LogP contribution in [0.2, 0.25) is 0 Å². The number of hydrogen-bond donors (Lipinski definition) is 3. The predicted molar refractivity (Wildman–Crippen MR) is 126 cm³/mol. The fourth-order valence-electron chi connectivity index (χ4n) is 2.54. The molecule has 0 saturated carbocycles. The fourth-order valence-corrected chi connectivity index (χ4v) is 2.98. The Morgan fingerprint density at radius 1 is 1.10 bits per heavy atom. The quantitative estimate of drug-likeness (QED) is 0.298. The molecule has 30 heavy (non-hydrogen) atoms. The molecule has 0 aliphatic heterocycles. The van der Waals surface area contributed by atoms with E-state index in [1.807, 2.05) is 26.8 Å². The Balaban J connectivity index is 2.12. The molecule has 0 saturated heterocycles. The maximum atomic E-state index is 12.8. The molecular weight excluding hydrogens is 501 g/mol. The Labute approximate surface area is 190 Å². The number of nitrogens with two attached hydrogens (primary N) is 1. The molecule has 0 radical (unpaired) electrons. The number of fused-ring (bicyclic) bond motifs is 1. The largest absolute Gasteiger partial charge is 0.444 e. The first-order valence-corrected chi connectivity index (χ1v) is 10.8. The monoisotopic (exact) mass is 531 g/mol. The van der Waals surface area contributed by atoms with Gasteiger partial charge in [0.15, 0.2) is 0 Å². The molecule has 1 amide bonds. The molecule has 0 unspecified atom stereocenters. The summed E-state index contributed by atoms with van der Waals surface area (Å²) in [5.41, 5.74) is 6.56. The van der Waals surface area contributed by atoms with Gasteiger partial charge in [-0.15, -0.1) is 0 Å². The second-order valence-corrected chi connectivity index (χ2v) is 9.95. The van der Waals surface area contributed by atoms with Crippen LogP contribution >= 0.6 is 22.6 Å². The average Bonchev–Trinajstić information content (AvgIpc) is 2.94. The average molecular weight is 531 g/mol. The Bertz CT molecular complexity index is 928. The molecule has 9 nitrogen and oxygen atoms in total. The van der Waals surface area contributed by atoms with Gasteiger partial charge in [0.05, 0.1) is 11.2 Å². The Kier molecular flexibility index (Phi) is 7.43. The molecule has 1 aromatic heterocycles. The van der Waals surface area contributed by atoms with Gasteiger partial charge in [0, 0.05) is 16.7 Å². The molecule has 4 N–H and O–H groups in total. The van der Waals surface area contributed by atoms with Crippen molar-refractivity contribution in [3.8, 4) is 0 Å². The first-order valence-electron chi connectivity index (χ1n) is 9.69. The van der Waals surface area contributed by atoms with Crippen LogP contribution in [0.5, 0.6) is 0 Å². The molecule has 166 valence electrons. The van der Waals surface area contributed by atoms with Crippen molar-refractivity contribution in [1.82, 2.24) is 14.9 Å². The van der Waals surface area contributed by atoms with E-state index in [4.69, 9.17) is 15.2 Å². The van der Waals surface area contributed by atoms with Crippen molar-refractivity contribution in [3.05, 3.63) is 15.7 Å². The number of carbonyl (C=O) groups is 2. The van der Waals surface area contributed by atoms with Crippen molar-refractivity contribution in [2.45, 2.75) is 59.2 Å². The first kappa shape index (κ1) is 24.0. The lowest BCUT2D eigenvalue weighted by molar-refractivity contribution is 0.0523. The zero-order valence-electron chi connectivity index (χ0n) is 18.3. The topological polar surface area (TPSA) is 120 Å². The fraction of sp³-hybridized carbons (Fsp3) is 0.550. The van der Waals surface area contributed by atoms with E-state index in [0.29, 0.717) is 42.2 Å². The Morgan fingerprint density at radius 2 is 1.73 bits per heavy atom. The summed E-state index contributed by atoms with van der Waals surface area (Å²) < 4.78 is 13.0. The van der Waals surface area contributed by atoms with E-state index in [1.165, 1.54) is 4.57 Å². The van der Waals surface area contributed by atoms with Crippen LogP contribution in [-0.2, 0) is 9.47 Å². The summed E-state index contributed by atoms with van der Waals surface area (Å²) in [6.45, 7) is 11.7. The van der Waals surface area contributed by atoms with Crippen LogP contribution in [0.3, 0.4) is 0 Å². The number of aromatic nitrogens is 2. The van der Waals surface area contributed by atoms with E-state index in [9.17, 15) is 9.59 Å². The highest BCUT2D eigenvalue weighted by atomic mass is 127. The molecule has 0 spiro atoms. The maximum absolute atomic E-state index is 12.8. The van der Waals surface area contributed by atoms with Crippen molar-refractivity contribution in [3.63, 3.8) is 0 Å². The maximum Gasteiger partial charge on any atom is 0.421 e. The van der Waals surface area contributed by atoms with Gasteiger partial charge in [-0.25, -0.2) is 19.1 Å². The number of nitrogens with one attached hydrogen (secondary N) is 2. The van der Waals surface area contributed by atoms with E-state index >= 15 is 0 Å². The minimum absolute atomic E-state index is 0.338. The van der Waals surface area contributed by atoms with Crippen molar-refractivity contribution < 1.29 is 19.1 Å². The smallest absolute Gasteiger partial charge is 0.421 e. The molecule has 0 bridgehead atoms. The summed E-state index contributed by atoms with van der Waals surface area (Å²) in [5.74, 6) is 0.338. The molecule has 0 fully saturated rings. The molecule has 1 heterocycles. The number of rotatable bonds is 5. The van der Waals surface area contributed by atoms with Gasteiger partial charge in [0.25, 0.3) is 0 Å². The van der Waals surface area contributed by atoms with E-state index in [1.54, 1.807) is 26.8 Å². The summed E-state index contributed by atoms with van der Waals surface area (Å²) in [6.07, 6.45) is -0.408. The van der Waals surface area contributed by atoms with Crippen LogP contribution in [0.15, 0.2) is 12.1 Å². The lowest BCUT2D eigenvalue weighted by Gasteiger charge is -2.20. The summed E-state index contributed by atoms with van der Waals surface area (Å²) in [7, 11) is 0. The predicted octanol–water partition coefficient (Wildman–Crippen LogP) is 4.33. The second kappa shape index (κ2) is 9.27. The zero-order valence-corrected chi connectivity index (χ0v) is 20.4. The van der Waals surface area contributed by atoms with Gasteiger partial charge in [0.1, 0.15) is 16.7 Å². The van der Waals surface area contributed by atoms with Crippen LogP contribution in [0.25, 0.3) is 11.0 Å². The van der Waals surface area contributed by atoms with Gasteiger partial charge in [-0.1, -0.05) is 0 Å². The van der Waals surface area contributed by atoms with Gasteiger partial charge in [-0.2, -0.15) is 0 Å².